The van der Waals surface area contributed by atoms with E-state index < -0.39 is 35.9 Å². The van der Waals surface area contributed by atoms with Gasteiger partial charge in [0.2, 0.25) is 11.8 Å². The van der Waals surface area contributed by atoms with Crippen LogP contribution in [-0.4, -0.2) is 53.2 Å². The predicted molar refractivity (Wildman–Crippen MR) is 69.3 cm³/mol. The van der Waals surface area contributed by atoms with Gasteiger partial charge in [0.25, 0.3) is 0 Å². The number of carbonyl (C=O) groups is 2. The summed E-state index contributed by atoms with van der Waals surface area (Å²) in [6.45, 7) is 4.46. The second-order valence-electron chi connectivity index (χ2n) is 6.34. The van der Waals surface area contributed by atoms with E-state index in [1.54, 1.807) is 20.8 Å². The van der Waals surface area contributed by atoms with Crippen molar-refractivity contribution >= 4 is 11.8 Å². The Morgan fingerprint density at radius 1 is 1.19 bits per heavy atom. The third-order valence-electron chi connectivity index (χ3n) is 3.55. The Morgan fingerprint density at radius 3 is 2.05 bits per heavy atom. The van der Waals surface area contributed by atoms with Crippen molar-refractivity contribution in [1.82, 2.24) is 10.2 Å². The normalized spacial score (nSPS) is 19.3. The monoisotopic (exact) mass is 310 g/mol. The molecule has 21 heavy (non-hydrogen) atoms. The fourth-order valence-corrected chi connectivity index (χ4v) is 1.94. The van der Waals surface area contributed by atoms with Gasteiger partial charge in [0.1, 0.15) is 0 Å². The molecule has 122 valence electrons. The molecule has 1 rings (SSSR count). The molecule has 0 unspecified atom stereocenters. The minimum atomic E-state index is -4.69. The zero-order valence-corrected chi connectivity index (χ0v) is 12.4. The highest BCUT2D eigenvalue weighted by Gasteiger charge is 2.54. The molecule has 0 spiro atoms. The van der Waals surface area contributed by atoms with Crippen molar-refractivity contribution in [3.8, 4) is 0 Å². The quantitative estimate of drug-likeness (QED) is 0.801. The summed E-state index contributed by atoms with van der Waals surface area (Å²) < 4.78 is 37.9. The number of alkyl halides is 3. The van der Waals surface area contributed by atoms with Crippen LogP contribution in [0, 0.1) is 5.41 Å². The van der Waals surface area contributed by atoms with Crippen LogP contribution in [0.15, 0.2) is 0 Å². The number of hydrogen-bond acceptors (Lipinski definition) is 3. The van der Waals surface area contributed by atoms with Gasteiger partial charge in [-0.3, -0.25) is 9.59 Å². The summed E-state index contributed by atoms with van der Waals surface area (Å²) in [6, 6.07) is 0. The molecule has 1 aliphatic rings. The van der Waals surface area contributed by atoms with E-state index in [4.69, 9.17) is 0 Å². The van der Waals surface area contributed by atoms with Gasteiger partial charge in [0, 0.05) is 31.3 Å². The Morgan fingerprint density at radius 2 is 1.67 bits per heavy atom. The number of piperidine rings is 1. The molecule has 0 radical (unpaired) electrons. The third-order valence-corrected chi connectivity index (χ3v) is 3.55. The molecule has 1 aliphatic heterocycles. The smallest absolute Gasteiger partial charge is 0.380 e. The molecule has 0 saturated carbocycles. The molecule has 5 nitrogen and oxygen atoms in total. The van der Waals surface area contributed by atoms with E-state index >= 15 is 0 Å². The molecule has 2 amide bonds. The average molecular weight is 310 g/mol. The zero-order valence-electron chi connectivity index (χ0n) is 12.4. The first-order valence-corrected chi connectivity index (χ1v) is 6.72. The van der Waals surface area contributed by atoms with Gasteiger partial charge in [-0.05, 0) is 0 Å². The summed E-state index contributed by atoms with van der Waals surface area (Å²) in [7, 11) is 0. The standard InChI is InChI=1S/C13H21F3N2O3/c1-11(2,3)10(20)17-8-9(19)18-6-4-12(21,5-7-18)13(14,15)16/h21H,4-8H2,1-3H3,(H,17,20). The topological polar surface area (TPSA) is 69.6 Å². The number of amides is 2. The molecular formula is C13H21F3N2O3. The molecule has 0 aromatic carbocycles. The number of hydrogen-bond donors (Lipinski definition) is 2. The summed E-state index contributed by atoms with van der Waals surface area (Å²) in [5.74, 6) is -0.753. The second-order valence-corrected chi connectivity index (χ2v) is 6.34. The molecule has 0 atom stereocenters. The Bertz CT molecular complexity index is 408. The van der Waals surface area contributed by atoms with Crippen molar-refractivity contribution in [3.63, 3.8) is 0 Å². The molecule has 0 aromatic heterocycles. The van der Waals surface area contributed by atoms with Crippen molar-refractivity contribution in [3.05, 3.63) is 0 Å². The first-order valence-electron chi connectivity index (χ1n) is 6.72. The minimum absolute atomic E-state index is 0.180. The highest BCUT2D eigenvalue weighted by molar-refractivity contribution is 5.87. The third kappa shape index (κ3) is 4.33. The number of nitrogens with zero attached hydrogens (tertiary/aromatic N) is 1. The molecule has 1 heterocycles. The fraction of sp³-hybridized carbons (Fsp3) is 0.846. The maximum absolute atomic E-state index is 12.6. The Balaban J connectivity index is 2.48. The first-order chi connectivity index (χ1) is 9.37. The van der Waals surface area contributed by atoms with Gasteiger partial charge in [-0.25, -0.2) is 0 Å². The molecule has 2 N–H and O–H groups in total. The van der Waals surface area contributed by atoms with Crippen molar-refractivity contribution in [2.75, 3.05) is 19.6 Å². The highest BCUT2D eigenvalue weighted by atomic mass is 19.4. The van der Waals surface area contributed by atoms with Crippen LogP contribution in [0.5, 0.6) is 0 Å². The van der Waals surface area contributed by atoms with E-state index in [2.05, 4.69) is 5.32 Å². The number of halogens is 3. The van der Waals surface area contributed by atoms with Crippen molar-refractivity contribution < 1.29 is 27.9 Å². The van der Waals surface area contributed by atoms with Gasteiger partial charge in [0.05, 0.1) is 6.54 Å². The maximum atomic E-state index is 12.6. The second kappa shape index (κ2) is 5.82. The summed E-state index contributed by atoms with van der Waals surface area (Å²) in [6.07, 6.45) is -5.78. The van der Waals surface area contributed by atoms with E-state index in [0.29, 0.717) is 0 Å². The molecule has 1 saturated heterocycles. The lowest BCUT2D eigenvalue weighted by molar-refractivity contribution is -0.272. The lowest BCUT2D eigenvalue weighted by Gasteiger charge is -2.39. The summed E-state index contributed by atoms with van der Waals surface area (Å²) in [5.41, 5.74) is -3.36. The van der Waals surface area contributed by atoms with Gasteiger partial charge < -0.3 is 15.3 Å². The van der Waals surface area contributed by atoms with Crippen molar-refractivity contribution in [2.24, 2.45) is 5.41 Å². The Labute approximate surface area is 121 Å². The molecule has 0 aliphatic carbocycles. The van der Waals surface area contributed by atoms with Gasteiger partial charge in [-0.2, -0.15) is 13.2 Å². The molecule has 1 fully saturated rings. The van der Waals surface area contributed by atoms with Crippen LogP contribution < -0.4 is 5.32 Å². The van der Waals surface area contributed by atoms with E-state index in [0.717, 1.165) is 0 Å². The summed E-state index contributed by atoms with van der Waals surface area (Å²) >= 11 is 0. The van der Waals surface area contributed by atoms with Gasteiger partial charge in [-0.15, -0.1) is 0 Å². The van der Waals surface area contributed by atoms with E-state index in [1.165, 1.54) is 4.90 Å². The van der Waals surface area contributed by atoms with Crippen molar-refractivity contribution in [1.29, 1.82) is 0 Å². The number of likely N-dealkylation sites (tertiary alicyclic amines) is 1. The SMILES string of the molecule is CC(C)(C)C(=O)NCC(=O)N1CCC(O)(C(F)(F)F)CC1. The Kier molecular flexibility index (Phi) is 4.92. The van der Waals surface area contributed by atoms with Gasteiger partial charge in [0.15, 0.2) is 5.60 Å². The molecule has 8 heteroatoms. The Hall–Kier alpha value is -1.31. The van der Waals surface area contributed by atoms with Gasteiger partial charge >= 0.3 is 6.18 Å². The van der Waals surface area contributed by atoms with Crippen LogP contribution in [0.3, 0.4) is 0 Å². The maximum Gasteiger partial charge on any atom is 0.417 e. The fourth-order valence-electron chi connectivity index (χ4n) is 1.94. The predicted octanol–water partition coefficient (Wildman–Crippen LogP) is 1.06. The number of carbonyl (C=O) groups excluding carboxylic acids is 2. The van der Waals surface area contributed by atoms with Gasteiger partial charge in [-0.1, -0.05) is 20.8 Å². The van der Waals surface area contributed by atoms with Crippen LogP contribution in [0.4, 0.5) is 13.2 Å². The molecule has 0 aromatic rings. The minimum Gasteiger partial charge on any atom is -0.380 e. The largest absolute Gasteiger partial charge is 0.417 e. The summed E-state index contributed by atoms with van der Waals surface area (Å²) in [5, 5.41) is 12.0. The zero-order chi connectivity index (χ0) is 16.5. The first kappa shape index (κ1) is 17.7. The lowest BCUT2D eigenvalue weighted by atomic mass is 9.91. The van der Waals surface area contributed by atoms with Crippen LogP contribution in [0.1, 0.15) is 33.6 Å². The van der Waals surface area contributed by atoms with E-state index in [1.807, 2.05) is 0 Å². The van der Waals surface area contributed by atoms with Crippen LogP contribution in [0.25, 0.3) is 0 Å². The summed E-state index contributed by atoms with van der Waals surface area (Å²) in [4.78, 5) is 24.7. The highest BCUT2D eigenvalue weighted by Crippen LogP contribution is 2.38. The number of nitrogens with one attached hydrogen (secondary N) is 1. The van der Waals surface area contributed by atoms with Crippen LogP contribution >= 0.6 is 0 Å². The average Bonchev–Trinajstić information content (AvgIpc) is 2.33. The van der Waals surface area contributed by atoms with E-state index in [9.17, 15) is 27.9 Å². The number of rotatable bonds is 2. The van der Waals surface area contributed by atoms with Crippen LogP contribution in [0.2, 0.25) is 0 Å². The van der Waals surface area contributed by atoms with Crippen LogP contribution in [-0.2, 0) is 9.59 Å². The molecular weight excluding hydrogens is 289 g/mol. The van der Waals surface area contributed by atoms with E-state index in [-0.39, 0.29) is 25.5 Å². The van der Waals surface area contributed by atoms with Crippen molar-refractivity contribution in [2.45, 2.75) is 45.4 Å². The lowest BCUT2D eigenvalue weighted by Crippen LogP contribution is -2.55. The number of aliphatic hydroxyl groups is 1. The molecule has 0 bridgehead atoms.